The molecule has 8 heteroatoms. The van der Waals surface area contributed by atoms with Crippen molar-refractivity contribution in [2.45, 2.75) is 6.10 Å². The Labute approximate surface area is 150 Å². The van der Waals surface area contributed by atoms with Gasteiger partial charge in [-0.15, -0.1) is 0 Å². The van der Waals surface area contributed by atoms with Crippen LogP contribution in [0, 0.1) is 0 Å². The molecule has 3 aromatic heterocycles. The summed E-state index contributed by atoms with van der Waals surface area (Å²) in [5.41, 5.74) is 3.31. The van der Waals surface area contributed by atoms with Gasteiger partial charge >= 0.3 is 0 Å². The lowest BCUT2D eigenvalue weighted by Crippen LogP contribution is -2.20. The number of hydrogen-bond acceptors (Lipinski definition) is 6. The highest BCUT2D eigenvalue weighted by atomic mass is 16.3. The maximum absolute atomic E-state index is 10.3. The van der Waals surface area contributed by atoms with E-state index in [2.05, 4.69) is 25.3 Å². The van der Waals surface area contributed by atoms with Gasteiger partial charge in [-0.05, 0) is 32.3 Å². The molecular formula is C18H19N7O. The highest BCUT2D eigenvalue weighted by Gasteiger charge is 2.13. The number of aliphatic hydroxyl groups excluding tert-OH is 1. The lowest BCUT2D eigenvalue weighted by atomic mass is 10.1. The number of benzene rings is 1. The first-order chi connectivity index (χ1) is 12.6. The molecule has 0 saturated carbocycles. The monoisotopic (exact) mass is 349 g/mol. The number of aromatic nitrogens is 6. The van der Waals surface area contributed by atoms with Crippen molar-refractivity contribution in [3.63, 3.8) is 0 Å². The van der Waals surface area contributed by atoms with Crippen molar-refractivity contribution in [1.29, 1.82) is 0 Å². The van der Waals surface area contributed by atoms with Crippen molar-refractivity contribution in [1.82, 2.24) is 34.8 Å². The molecule has 0 unspecified atom stereocenters. The lowest BCUT2D eigenvalue weighted by molar-refractivity contribution is 0.138. The highest BCUT2D eigenvalue weighted by molar-refractivity contribution is 5.77. The summed E-state index contributed by atoms with van der Waals surface area (Å²) < 4.78 is 1.78. The third-order valence-corrected chi connectivity index (χ3v) is 4.13. The summed E-state index contributed by atoms with van der Waals surface area (Å²) in [6.45, 7) is 0.542. The van der Waals surface area contributed by atoms with Crippen LogP contribution in [0.2, 0.25) is 0 Å². The van der Waals surface area contributed by atoms with Crippen molar-refractivity contribution in [2.24, 2.45) is 0 Å². The van der Waals surface area contributed by atoms with Crippen molar-refractivity contribution >= 4 is 11.0 Å². The van der Waals surface area contributed by atoms with Crippen LogP contribution in [-0.4, -0.2) is 60.6 Å². The van der Waals surface area contributed by atoms with E-state index >= 15 is 0 Å². The van der Waals surface area contributed by atoms with Gasteiger partial charge in [0.1, 0.15) is 6.33 Å². The van der Waals surface area contributed by atoms with Gasteiger partial charge in [-0.25, -0.2) is 14.6 Å². The van der Waals surface area contributed by atoms with E-state index in [0.29, 0.717) is 12.4 Å². The molecule has 0 bridgehead atoms. The van der Waals surface area contributed by atoms with Crippen molar-refractivity contribution in [3.8, 4) is 17.1 Å². The molecule has 3 heterocycles. The van der Waals surface area contributed by atoms with Gasteiger partial charge in [0.05, 0.1) is 18.0 Å². The molecule has 0 aliphatic carbocycles. The average molecular weight is 349 g/mol. The van der Waals surface area contributed by atoms with E-state index in [0.717, 1.165) is 27.8 Å². The quantitative estimate of drug-likeness (QED) is 0.570. The maximum Gasteiger partial charge on any atom is 0.162 e. The Morgan fingerprint density at radius 3 is 2.85 bits per heavy atom. The summed E-state index contributed by atoms with van der Waals surface area (Å²) in [5.74, 6) is 0.699. The number of H-pyrrole nitrogens is 1. The second kappa shape index (κ2) is 6.66. The zero-order valence-corrected chi connectivity index (χ0v) is 14.5. The maximum atomic E-state index is 10.3. The first kappa shape index (κ1) is 16.4. The van der Waals surface area contributed by atoms with Gasteiger partial charge in [-0.2, -0.15) is 10.2 Å². The molecule has 0 amide bonds. The predicted molar refractivity (Wildman–Crippen MR) is 97.8 cm³/mol. The van der Waals surface area contributed by atoms with E-state index < -0.39 is 6.10 Å². The smallest absolute Gasteiger partial charge is 0.162 e. The van der Waals surface area contributed by atoms with E-state index in [-0.39, 0.29) is 0 Å². The van der Waals surface area contributed by atoms with E-state index in [1.807, 2.05) is 49.3 Å². The molecule has 0 spiro atoms. The third kappa shape index (κ3) is 3.07. The Bertz CT molecular complexity index is 1020. The van der Waals surface area contributed by atoms with Crippen LogP contribution >= 0.6 is 0 Å². The minimum absolute atomic E-state index is 0.542. The second-order valence-corrected chi connectivity index (χ2v) is 6.40. The van der Waals surface area contributed by atoms with Gasteiger partial charge in [0, 0.05) is 29.3 Å². The molecule has 1 atom stereocenters. The molecule has 0 fully saturated rings. The number of nitrogens with zero attached hydrogens (tertiary/aromatic N) is 6. The number of pyridine rings is 1. The zero-order chi connectivity index (χ0) is 18.1. The minimum Gasteiger partial charge on any atom is -0.387 e. The normalized spacial score (nSPS) is 12.8. The van der Waals surface area contributed by atoms with E-state index in [4.69, 9.17) is 0 Å². The van der Waals surface area contributed by atoms with Gasteiger partial charge in [-0.1, -0.05) is 12.1 Å². The van der Waals surface area contributed by atoms with Crippen LogP contribution in [0.5, 0.6) is 0 Å². The molecule has 4 rings (SSSR count). The number of aromatic amines is 1. The fraction of sp³-hybridized carbons (Fsp3) is 0.222. The van der Waals surface area contributed by atoms with Crippen LogP contribution in [0.4, 0.5) is 0 Å². The number of nitrogens with one attached hydrogen (secondary N) is 1. The van der Waals surface area contributed by atoms with Crippen LogP contribution in [-0.2, 0) is 0 Å². The van der Waals surface area contributed by atoms with Crippen molar-refractivity contribution in [3.05, 3.63) is 54.6 Å². The standard InChI is InChI=1S/C18H19N7O/c1-24(2)10-16(26)13-6-14-9-22-25(18(14)19-8-13)15-5-3-4-12(7-15)17-20-11-21-23-17/h3-9,11,16,26H,10H2,1-2H3,(H,20,21,23)/t16-/m1/s1. The lowest BCUT2D eigenvalue weighted by Gasteiger charge is -2.15. The van der Waals surface area contributed by atoms with Gasteiger partial charge in [0.2, 0.25) is 0 Å². The van der Waals surface area contributed by atoms with E-state index in [9.17, 15) is 5.11 Å². The molecule has 8 nitrogen and oxygen atoms in total. The number of fused-ring (bicyclic) bond motifs is 1. The molecule has 0 aliphatic heterocycles. The van der Waals surface area contributed by atoms with Crippen LogP contribution in [0.3, 0.4) is 0 Å². The van der Waals surface area contributed by atoms with Gasteiger partial charge in [-0.3, -0.25) is 5.10 Å². The molecule has 2 N–H and O–H groups in total. The molecule has 0 radical (unpaired) electrons. The van der Waals surface area contributed by atoms with E-state index in [1.165, 1.54) is 6.33 Å². The summed E-state index contributed by atoms with van der Waals surface area (Å²) in [7, 11) is 3.85. The molecule has 0 aliphatic rings. The van der Waals surface area contributed by atoms with Gasteiger partial charge < -0.3 is 10.0 Å². The summed E-state index contributed by atoms with van der Waals surface area (Å²) >= 11 is 0. The molecule has 1 aromatic carbocycles. The van der Waals surface area contributed by atoms with Crippen LogP contribution < -0.4 is 0 Å². The predicted octanol–water partition coefficient (Wildman–Crippen LogP) is 1.80. The number of hydrogen-bond donors (Lipinski definition) is 2. The van der Waals surface area contributed by atoms with Crippen LogP contribution in [0.15, 0.2) is 49.1 Å². The summed E-state index contributed by atoms with van der Waals surface area (Å²) in [5, 5.41) is 22.4. The Morgan fingerprint density at radius 1 is 1.19 bits per heavy atom. The Morgan fingerprint density at radius 2 is 2.08 bits per heavy atom. The van der Waals surface area contributed by atoms with Crippen molar-refractivity contribution in [2.75, 3.05) is 20.6 Å². The second-order valence-electron chi connectivity index (χ2n) is 6.40. The first-order valence-corrected chi connectivity index (χ1v) is 8.24. The minimum atomic E-state index is -0.583. The Balaban J connectivity index is 1.71. The molecule has 0 saturated heterocycles. The molecule has 26 heavy (non-hydrogen) atoms. The SMILES string of the molecule is CN(C)C[C@@H](O)c1cnc2c(cnn2-c2cccc(-c3ncn[nH]3)c2)c1. The molecule has 132 valence electrons. The Kier molecular flexibility index (Phi) is 4.19. The number of likely N-dealkylation sites (N-methyl/N-ethyl adjacent to an activating group) is 1. The summed E-state index contributed by atoms with van der Waals surface area (Å²) in [4.78, 5) is 10.6. The third-order valence-electron chi connectivity index (χ3n) is 4.13. The average Bonchev–Trinajstić information content (AvgIpc) is 3.30. The fourth-order valence-electron chi connectivity index (χ4n) is 2.89. The molecule has 4 aromatic rings. The van der Waals surface area contributed by atoms with Crippen LogP contribution in [0.25, 0.3) is 28.1 Å². The number of rotatable bonds is 5. The number of aliphatic hydroxyl groups is 1. The molecular weight excluding hydrogens is 330 g/mol. The first-order valence-electron chi connectivity index (χ1n) is 8.24. The Hall–Kier alpha value is -3.10. The van der Waals surface area contributed by atoms with Crippen molar-refractivity contribution < 1.29 is 5.11 Å². The largest absolute Gasteiger partial charge is 0.387 e. The topological polar surface area (TPSA) is 95.8 Å². The van der Waals surface area contributed by atoms with Gasteiger partial charge in [0.25, 0.3) is 0 Å². The van der Waals surface area contributed by atoms with E-state index in [1.54, 1.807) is 17.1 Å². The summed E-state index contributed by atoms with van der Waals surface area (Å²) in [6.07, 6.45) is 4.36. The summed E-state index contributed by atoms with van der Waals surface area (Å²) in [6, 6.07) is 9.77. The van der Waals surface area contributed by atoms with Crippen LogP contribution in [0.1, 0.15) is 11.7 Å². The van der Waals surface area contributed by atoms with Gasteiger partial charge in [0.15, 0.2) is 11.5 Å². The fourth-order valence-corrected chi connectivity index (χ4v) is 2.89. The highest BCUT2D eigenvalue weighted by Crippen LogP contribution is 2.23. The zero-order valence-electron chi connectivity index (χ0n) is 14.5.